The highest BCUT2D eigenvalue weighted by atomic mass is 19.1. The molecular weight excluding hydrogens is 425 g/mol. The number of nitrogens with zero attached hydrogens (tertiary/aromatic N) is 2. The van der Waals surface area contributed by atoms with Gasteiger partial charge in [-0.15, -0.1) is 6.58 Å². The Bertz CT molecular complexity index is 1230. The maximum Gasteiger partial charge on any atom is 0.147 e. The van der Waals surface area contributed by atoms with Gasteiger partial charge in [-0.05, 0) is 79.7 Å². The summed E-state index contributed by atoms with van der Waals surface area (Å²) in [6.07, 6.45) is 13.6. The number of halogens is 1. The van der Waals surface area contributed by atoms with E-state index in [4.69, 9.17) is 9.72 Å². The van der Waals surface area contributed by atoms with E-state index in [0.717, 1.165) is 55.7 Å². The summed E-state index contributed by atoms with van der Waals surface area (Å²) in [5.41, 5.74) is 3.68. The van der Waals surface area contributed by atoms with Crippen LogP contribution in [0.2, 0.25) is 0 Å². The minimum Gasteiger partial charge on any atom is -0.493 e. The topological polar surface area (TPSA) is 38.6 Å². The Morgan fingerprint density at radius 1 is 1.18 bits per heavy atom. The first-order valence-corrected chi connectivity index (χ1v) is 12.4. The molecule has 4 bridgehead atoms. The van der Waals surface area contributed by atoms with Crippen molar-refractivity contribution >= 4 is 11.5 Å². The molecule has 34 heavy (non-hydrogen) atoms. The van der Waals surface area contributed by atoms with E-state index in [1.54, 1.807) is 6.07 Å². The fourth-order valence-corrected chi connectivity index (χ4v) is 5.48. The molecule has 0 fully saturated rings. The van der Waals surface area contributed by atoms with Crippen molar-refractivity contribution in [2.75, 3.05) is 18.5 Å². The van der Waals surface area contributed by atoms with Gasteiger partial charge in [0.25, 0.3) is 0 Å². The second-order valence-corrected chi connectivity index (χ2v) is 10.3. The SMILES string of the molecule is C=CCC1=CCC2COc3ccc(F)c(c3)-c3ccn4ccc(nc34)NCCC2CCC1(C)C. The van der Waals surface area contributed by atoms with Crippen LogP contribution in [0, 0.1) is 23.1 Å². The summed E-state index contributed by atoms with van der Waals surface area (Å²) in [6, 6.07) is 8.96. The third kappa shape index (κ3) is 4.48. The number of ether oxygens (including phenoxy) is 1. The number of fused-ring (bicyclic) bond motifs is 5. The van der Waals surface area contributed by atoms with Gasteiger partial charge in [-0.1, -0.05) is 31.6 Å². The molecule has 0 spiro atoms. The molecule has 0 radical (unpaired) electrons. The van der Waals surface area contributed by atoms with E-state index < -0.39 is 0 Å². The number of allylic oxidation sites excluding steroid dienone is 3. The second kappa shape index (κ2) is 9.28. The zero-order valence-corrected chi connectivity index (χ0v) is 20.2. The van der Waals surface area contributed by atoms with Gasteiger partial charge in [-0.2, -0.15) is 0 Å². The number of nitrogens with one attached hydrogen (secondary N) is 1. The molecule has 0 saturated carbocycles. The molecule has 5 rings (SSSR count). The smallest absolute Gasteiger partial charge is 0.147 e. The Kier molecular flexibility index (Phi) is 6.20. The maximum absolute atomic E-state index is 14.9. The molecule has 3 heterocycles. The lowest BCUT2D eigenvalue weighted by Gasteiger charge is -2.36. The van der Waals surface area contributed by atoms with E-state index >= 15 is 0 Å². The van der Waals surface area contributed by atoms with E-state index in [2.05, 4.69) is 31.8 Å². The summed E-state index contributed by atoms with van der Waals surface area (Å²) in [6.45, 7) is 10.2. The van der Waals surface area contributed by atoms with Crippen molar-refractivity contribution in [2.24, 2.45) is 17.3 Å². The third-order valence-corrected chi connectivity index (χ3v) is 7.73. The van der Waals surface area contributed by atoms with Crippen LogP contribution in [-0.4, -0.2) is 22.5 Å². The first kappa shape index (κ1) is 22.7. The van der Waals surface area contributed by atoms with Crippen molar-refractivity contribution < 1.29 is 9.13 Å². The summed E-state index contributed by atoms with van der Waals surface area (Å²) < 4.78 is 23.1. The highest BCUT2D eigenvalue weighted by molar-refractivity contribution is 5.80. The van der Waals surface area contributed by atoms with Crippen LogP contribution >= 0.6 is 0 Å². The van der Waals surface area contributed by atoms with Crippen LogP contribution in [0.1, 0.15) is 46.0 Å². The molecule has 2 unspecified atom stereocenters. The van der Waals surface area contributed by atoms with Crippen LogP contribution in [0.25, 0.3) is 16.8 Å². The number of hydrogen-bond acceptors (Lipinski definition) is 3. The van der Waals surface area contributed by atoms with Crippen LogP contribution < -0.4 is 10.1 Å². The number of anilines is 1. The number of rotatable bonds is 2. The Morgan fingerprint density at radius 2 is 2.03 bits per heavy atom. The van der Waals surface area contributed by atoms with Gasteiger partial charge in [0.15, 0.2) is 0 Å². The van der Waals surface area contributed by atoms with Crippen LogP contribution in [-0.2, 0) is 0 Å². The zero-order chi connectivity index (χ0) is 23.7. The van der Waals surface area contributed by atoms with Crippen molar-refractivity contribution in [1.29, 1.82) is 0 Å². The standard InChI is InChI=1S/C29H34FN3O/c1-4-5-22-7-6-21-19-34-23-8-9-26(30)25(18-23)24-12-16-33-17-13-27(32-28(24)33)31-15-11-20(21)10-14-29(22,2)3/h4,7-9,12-13,16-18,20-21H,1,5-6,10-11,14-15,19H2,2-3H3,(H,31,32). The van der Waals surface area contributed by atoms with Crippen molar-refractivity contribution in [2.45, 2.75) is 46.0 Å². The molecule has 178 valence electrons. The predicted octanol–water partition coefficient (Wildman–Crippen LogP) is 7.28. The lowest BCUT2D eigenvalue weighted by molar-refractivity contribution is 0.165. The average molecular weight is 460 g/mol. The lowest BCUT2D eigenvalue weighted by atomic mass is 9.71. The zero-order valence-electron chi connectivity index (χ0n) is 20.2. The first-order chi connectivity index (χ1) is 16.4. The second-order valence-electron chi connectivity index (χ2n) is 10.3. The van der Waals surface area contributed by atoms with Crippen LogP contribution in [0.15, 0.2) is 67.0 Å². The van der Waals surface area contributed by atoms with Crippen LogP contribution in [0.3, 0.4) is 0 Å². The Morgan fingerprint density at radius 3 is 2.88 bits per heavy atom. The molecular formula is C29H34FN3O. The molecule has 1 aliphatic carbocycles. The van der Waals surface area contributed by atoms with Gasteiger partial charge >= 0.3 is 0 Å². The minimum atomic E-state index is -0.268. The predicted molar refractivity (Wildman–Crippen MR) is 137 cm³/mol. The molecule has 0 saturated heterocycles. The van der Waals surface area contributed by atoms with Gasteiger partial charge in [0.2, 0.25) is 0 Å². The van der Waals surface area contributed by atoms with Gasteiger partial charge < -0.3 is 14.5 Å². The van der Waals surface area contributed by atoms with Gasteiger partial charge in [0.1, 0.15) is 23.0 Å². The summed E-state index contributed by atoms with van der Waals surface area (Å²) in [4.78, 5) is 4.81. The number of hydrogen-bond donors (Lipinski definition) is 1. The van der Waals surface area contributed by atoms with Gasteiger partial charge in [-0.25, -0.2) is 9.37 Å². The normalized spacial score (nSPS) is 22.4. The highest BCUT2D eigenvalue weighted by Crippen LogP contribution is 2.41. The first-order valence-electron chi connectivity index (χ1n) is 12.4. The van der Waals surface area contributed by atoms with E-state index in [-0.39, 0.29) is 11.2 Å². The van der Waals surface area contributed by atoms with Crippen molar-refractivity contribution in [3.63, 3.8) is 0 Å². The minimum absolute atomic E-state index is 0.177. The maximum atomic E-state index is 14.9. The lowest BCUT2D eigenvalue weighted by Crippen LogP contribution is -2.28. The molecule has 2 atom stereocenters. The third-order valence-electron chi connectivity index (χ3n) is 7.73. The van der Waals surface area contributed by atoms with E-state index in [0.29, 0.717) is 29.8 Å². The van der Waals surface area contributed by atoms with Crippen molar-refractivity contribution in [3.05, 3.63) is 72.8 Å². The molecule has 0 amide bonds. The summed E-state index contributed by atoms with van der Waals surface area (Å²) in [5, 5.41) is 3.53. The Labute approximate surface area is 201 Å². The highest BCUT2D eigenvalue weighted by Gasteiger charge is 2.30. The largest absolute Gasteiger partial charge is 0.493 e. The Hall–Kier alpha value is -3.08. The quantitative estimate of drug-likeness (QED) is 0.409. The molecule has 3 aromatic rings. The molecule has 4 nitrogen and oxygen atoms in total. The van der Waals surface area contributed by atoms with E-state index in [1.807, 2.05) is 41.1 Å². The van der Waals surface area contributed by atoms with Crippen molar-refractivity contribution in [3.8, 4) is 16.9 Å². The van der Waals surface area contributed by atoms with E-state index in [1.165, 1.54) is 11.6 Å². The Balaban J connectivity index is 1.52. The number of benzene rings is 1. The molecule has 1 aromatic carbocycles. The molecule has 1 N–H and O–H groups in total. The van der Waals surface area contributed by atoms with Crippen molar-refractivity contribution in [1.82, 2.24) is 9.38 Å². The summed E-state index contributed by atoms with van der Waals surface area (Å²) in [7, 11) is 0. The molecule has 1 aliphatic heterocycles. The molecule has 2 aromatic heterocycles. The molecule has 5 heteroatoms. The summed E-state index contributed by atoms with van der Waals surface area (Å²) >= 11 is 0. The fraction of sp³-hybridized carbons (Fsp3) is 0.414. The monoisotopic (exact) mass is 459 g/mol. The van der Waals surface area contributed by atoms with Crippen LogP contribution in [0.5, 0.6) is 5.75 Å². The van der Waals surface area contributed by atoms with E-state index in [9.17, 15) is 4.39 Å². The average Bonchev–Trinajstić information content (AvgIpc) is 3.23. The molecule has 2 aliphatic rings. The van der Waals surface area contributed by atoms with Gasteiger partial charge in [0, 0.05) is 30.1 Å². The fourth-order valence-electron chi connectivity index (χ4n) is 5.48. The summed E-state index contributed by atoms with van der Waals surface area (Å²) in [5.74, 6) is 2.20. The van der Waals surface area contributed by atoms with Gasteiger partial charge in [-0.3, -0.25) is 0 Å². The van der Waals surface area contributed by atoms with Crippen LogP contribution in [0.4, 0.5) is 10.2 Å². The van der Waals surface area contributed by atoms with Gasteiger partial charge in [0.05, 0.1) is 6.61 Å². The number of aromatic nitrogens is 2.